The van der Waals surface area contributed by atoms with E-state index in [1.807, 2.05) is 0 Å². The van der Waals surface area contributed by atoms with Crippen LogP contribution >= 0.6 is 0 Å². The van der Waals surface area contributed by atoms with Crippen LogP contribution in [0.2, 0.25) is 0 Å². The Bertz CT molecular complexity index is 59.5. The smallest absolute Gasteiger partial charge is 0.131 e. The first-order valence-electron chi connectivity index (χ1n) is 3.15. The fourth-order valence-corrected chi connectivity index (χ4v) is 2.33. The lowest BCUT2D eigenvalue weighted by molar-refractivity contribution is 0.159. The predicted octanol–water partition coefficient (Wildman–Crippen LogP) is 0.655. The highest BCUT2D eigenvalue weighted by Gasteiger charge is 2.18. The Balaban J connectivity index is 2.13. The van der Waals surface area contributed by atoms with Crippen molar-refractivity contribution in [2.45, 2.75) is 6.92 Å². The molecule has 0 aliphatic carbocycles. The molecule has 2 heteroatoms. The van der Waals surface area contributed by atoms with Crippen LogP contribution in [-0.2, 0) is 15.6 Å². The number of hydrogen-bond acceptors (Lipinski definition) is 1. The zero-order valence-corrected chi connectivity index (χ0v) is 6.17. The number of hydrogen-bond donors (Lipinski definition) is 0. The van der Waals surface area contributed by atoms with E-state index >= 15 is 0 Å². The van der Waals surface area contributed by atoms with E-state index in [4.69, 9.17) is 4.74 Å². The fourth-order valence-electron chi connectivity index (χ4n) is 0.846. The van der Waals surface area contributed by atoms with Gasteiger partial charge < -0.3 is 4.74 Å². The average Bonchev–Trinajstić information content (AvgIpc) is 1.90. The van der Waals surface area contributed by atoms with E-state index < -0.39 is 0 Å². The van der Waals surface area contributed by atoms with Gasteiger partial charge in [-0.1, -0.05) is 0 Å². The van der Waals surface area contributed by atoms with Crippen LogP contribution in [0.25, 0.3) is 0 Å². The van der Waals surface area contributed by atoms with E-state index in [0.29, 0.717) is 0 Å². The van der Waals surface area contributed by atoms with Crippen LogP contribution in [0, 0.1) is 0 Å². The summed E-state index contributed by atoms with van der Waals surface area (Å²) < 4.78 is 5.21. The lowest BCUT2D eigenvalue weighted by Gasteiger charge is -2.11. The second-order valence-corrected chi connectivity index (χ2v) is 4.54. The quantitative estimate of drug-likeness (QED) is 0.477. The molecule has 0 aromatic rings. The lowest BCUT2D eigenvalue weighted by atomic mass is 10.8. The minimum Gasteiger partial charge on any atom is -0.372 e. The molecule has 0 aromatic heterocycles. The van der Waals surface area contributed by atoms with Gasteiger partial charge >= 0.3 is 0 Å². The molecule has 0 bridgehead atoms. The molecule has 1 nitrogen and oxygen atoms in total. The molecule has 0 atom stereocenters. The molecule has 0 radical (unpaired) electrons. The van der Waals surface area contributed by atoms with Gasteiger partial charge in [0.1, 0.15) is 17.3 Å². The van der Waals surface area contributed by atoms with Crippen LogP contribution in [0.15, 0.2) is 0 Å². The van der Waals surface area contributed by atoms with Crippen LogP contribution in [0.4, 0.5) is 0 Å². The van der Waals surface area contributed by atoms with Crippen LogP contribution < -0.4 is 0 Å². The van der Waals surface area contributed by atoms with Gasteiger partial charge in [-0.2, -0.15) is 0 Å². The summed E-state index contributed by atoms with van der Waals surface area (Å²) in [5.74, 6) is 4.00. The second kappa shape index (κ2) is 3.36. The van der Waals surface area contributed by atoms with E-state index in [-0.39, 0.29) is 0 Å². The van der Waals surface area contributed by atoms with Gasteiger partial charge in [-0.05, 0) is 17.8 Å². The number of ether oxygens (including phenoxy) is 1. The van der Waals surface area contributed by atoms with E-state index in [2.05, 4.69) is 6.92 Å². The van der Waals surface area contributed by atoms with Gasteiger partial charge in [-0.3, -0.25) is 0 Å². The zero-order valence-electron chi connectivity index (χ0n) is 5.35. The van der Waals surface area contributed by atoms with Gasteiger partial charge in [-0.25, -0.2) is 0 Å². The monoisotopic (exact) mass is 133 g/mol. The average molecular weight is 133 g/mol. The normalized spacial score (nSPS) is 23.6. The van der Waals surface area contributed by atoms with Gasteiger partial charge in [0.25, 0.3) is 0 Å². The third-order valence-corrected chi connectivity index (χ3v) is 3.75. The SMILES string of the molecule is CC[S+]1CCOCC1. The van der Waals surface area contributed by atoms with Crippen molar-refractivity contribution in [3.05, 3.63) is 0 Å². The maximum atomic E-state index is 5.21. The molecule has 0 aromatic carbocycles. The molecular weight excluding hydrogens is 120 g/mol. The van der Waals surface area contributed by atoms with Crippen molar-refractivity contribution < 1.29 is 4.74 Å². The van der Waals surface area contributed by atoms with Crippen LogP contribution in [0.5, 0.6) is 0 Å². The Morgan fingerprint density at radius 3 is 2.38 bits per heavy atom. The number of rotatable bonds is 1. The van der Waals surface area contributed by atoms with Crippen LogP contribution in [0.1, 0.15) is 6.92 Å². The zero-order chi connectivity index (χ0) is 5.82. The van der Waals surface area contributed by atoms with Gasteiger partial charge in [-0.15, -0.1) is 0 Å². The molecule has 48 valence electrons. The summed E-state index contributed by atoms with van der Waals surface area (Å²) in [5, 5.41) is 0. The third kappa shape index (κ3) is 1.67. The highest BCUT2D eigenvalue weighted by Crippen LogP contribution is 2.01. The van der Waals surface area contributed by atoms with Gasteiger partial charge in [0.05, 0.1) is 13.2 Å². The molecule has 1 aliphatic rings. The second-order valence-electron chi connectivity index (χ2n) is 1.92. The van der Waals surface area contributed by atoms with Crippen molar-refractivity contribution >= 4 is 10.9 Å². The molecule has 0 spiro atoms. The molecule has 1 saturated heterocycles. The Morgan fingerprint density at radius 2 is 2.00 bits per heavy atom. The van der Waals surface area contributed by atoms with Crippen molar-refractivity contribution in [1.29, 1.82) is 0 Å². The Kier molecular flexibility index (Phi) is 2.70. The highest BCUT2D eigenvalue weighted by molar-refractivity contribution is 7.96. The summed E-state index contributed by atoms with van der Waals surface area (Å²) in [4.78, 5) is 0. The van der Waals surface area contributed by atoms with Crippen molar-refractivity contribution in [2.75, 3.05) is 30.5 Å². The summed E-state index contributed by atoms with van der Waals surface area (Å²) in [6.07, 6.45) is 0. The third-order valence-electron chi connectivity index (χ3n) is 1.44. The minimum absolute atomic E-state index is 0.723. The van der Waals surface area contributed by atoms with Crippen molar-refractivity contribution in [1.82, 2.24) is 0 Å². The Hall–Kier alpha value is 0.310. The van der Waals surface area contributed by atoms with E-state index in [9.17, 15) is 0 Å². The fraction of sp³-hybridized carbons (Fsp3) is 1.00. The van der Waals surface area contributed by atoms with Crippen molar-refractivity contribution in [3.63, 3.8) is 0 Å². The Morgan fingerprint density at radius 1 is 1.38 bits per heavy atom. The van der Waals surface area contributed by atoms with E-state index in [1.165, 1.54) is 17.3 Å². The first-order valence-corrected chi connectivity index (χ1v) is 4.88. The minimum atomic E-state index is 0.723. The largest absolute Gasteiger partial charge is 0.372 e. The lowest BCUT2D eigenvalue weighted by Crippen LogP contribution is -2.27. The van der Waals surface area contributed by atoms with Gasteiger partial charge in [0, 0.05) is 0 Å². The summed E-state index contributed by atoms with van der Waals surface area (Å²) in [6, 6.07) is 0. The van der Waals surface area contributed by atoms with Crippen LogP contribution in [0.3, 0.4) is 0 Å². The summed E-state index contributed by atoms with van der Waals surface area (Å²) in [7, 11) is 0.723. The molecule has 0 unspecified atom stereocenters. The maximum absolute atomic E-state index is 5.21. The maximum Gasteiger partial charge on any atom is 0.131 e. The van der Waals surface area contributed by atoms with E-state index in [1.54, 1.807) is 0 Å². The molecule has 1 rings (SSSR count). The standard InChI is InChI=1S/C6H13OS/c1-2-8-5-3-7-4-6-8/h2-6H2,1H3/q+1. The molecule has 8 heavy (non-hydrogen) atoms. The van der Waals surface area contributed by atoms with Crippen molar-refractivity contribution in [3.8, 4) is 0 Å². The molecule has 1 aliphatic heterocycles. The van der Waals surface area contributed by atoms with Crippen LogP contribution in [-0.4, -0.2) is 30.5 Å². The van der Waals surface area contributed by atoms with Gasteiger partial charge in [0.2, 0.25) is 0 Å². The highest BCUT2D eigenvalue weighted by atomic mass is 32.2. The molecule has 0 amide bonds. The molecular formula is C6H13OS+. The summed E-state index contributed by atoms with van der Waals surface area (Å²) in [5.41, 5.74) is 0. The van der Waals surface area contributed by atoms with Crippen molar-refractivity contribution in [2.24, 2.45) is 0 Å². The topological polar surface area (TPSA) is 9.23 Å². The molecule has 1 fully saturated rings. The summed E-state index contributed by atoms with van der Waals surface area (Å²) in [6.45, 7) is 4.29. The molecule has 1 heterocycles. The van der Waals surface area contributed by atoms with Gasteiger partial charge in [0.15, 0.2) is 0 Å². The molecule has 0 N–H and O–H groups in total. The first-order chi connectivity index (χ1) is 3.93. The first kappa shape index (κ1) is 6.43. The Labute approximate surface area is 53.8 Å². The molecule has 0 saturated carbocycles. The predicted molar refractivity (Wildman–Crippen MR) is 38.5 cm³/mol. The van der Waals surface area contributed by atoms with E-state index in [0.717, 1.165) is 24.1 Å². The summed E-state index contributed by atoms with van der Waals surface area (Å²) >= 11 is 0.